The smallest absolute Gasteiger partial charge is 0.319 e. The molecule has 22 heavy (non-hydrogen) atoms. The van der Waals surface area contributed by atoms with Crippen molar-refractivity contribution in [1.29, 1.82) is 0 Å². The number of carbonyl (C=O) groups is 2. The van der Waals surface area contributed by atoms with Crippen LogP contribution in [0.2, 0.25) is 0 Å². The van der Waals surface area contributed by atoms with Gasteiger partial charge in [0.2, 0.25) is 0 Å². The van der Waals surface area contributed by atoms with Crippen molar-refractivity contribution in [1.82, 2.24) is 10.2 Å². The first-order valence-electron chi connectivity index (χ1n) is 6.30. The average Bonchev–Trinajstić information content (AvgIpc) is 3.17. The number of imide groups is 1. The topological polar surface area (TPSA) is 92.6 Å². The Hall–Kier alpha value is -2.26. The first kappa shape index (κ1) is 14.7. The second kappa shape index (κ2) is 5.18. The Labute approximate surface area is 133 Å². The lowest BCUT2D eigenvalue weighted by Gasteiger charge is -2.20. The highest BCUT2D eigenvalue weighted by atomic mass is 32.1. The van der Waals surface area contributed by atoms with Gasteiger partial charge in [0, 0.05) is 11.4 Å². The summed E-state index contributed by atoms with van der Waals surface area (Å²) in [5.41, 5.74) is 0.211. The van der Waals surface area contributed by atoms with Crippen LogP contribution in [0.5, 0.6) is 0 Å². The van der Waals surface area contributed by atoms with E-state index in [1.807, 2.05) is 10.8 Å². The zero-order valence-electron chi connectivity index (χ0n) is 11.4. The van der Waals surface area contributed by atoms with Crippen molar-refractivity contribution in [3.8, 4) is 0 Å². The lowest BCUT2D eigenvalue weighted by molar-refractivity contribution is -0.380. The third kappa shape index (κ3) is 2.28. The molecule has 0 bridgehead atoms. The largest absolute Gasteiger partial charge is 0.325 e. The lowest BCUT2D eigenvalue weighted by Crippen LogP contribution is -2.40. The third-order valence-corrected chi connectivity index (χ3v) is 5.15. The van der Waals surface area contributed by atoms with E-state index in [1.165, 1.54) is 17.4 Å². The Morgan fingerprint density at radius 3 is 2.77 bits per heavy atom. The van der Waals surface area contributed by atoms with Crippen molar-refractivity contribution >= 4 is 39.6 Å². The van der Waals surface area contributed by atoms with Crippen LogP contribution in [-0.4, -0.2) is 21.8 Å². The molecule has 9 heteroatoms. The fourth-order valence-corrected chi connectivity index (χ4v) is 3.79. The van der Waals surface area contributed by atoms with E-state index in [4.69, 9.17) is 0 Å². The highest BCUT2D eigenvalue weighted by molar-refractivity contribution is 7.13. The molecule has 3 heterocycles. The van der Waals surface area contributed by atoms with Crippen molar-refractivity contribution < 1.29 is 14.5 Å². The standard InChI is InChI=1S/C13H11N3O4S2/c1-13(9-2-3-21-7-9)11(17)15(12(18)14-13)5-8-4-10(16(19)20)22-6-8/h2-4,6-7H,5H2,1H3,(H,14,18)/t13-/m0/s1. The van der Waals surface area contributed by atoms with Crippen molar-refractivity contribution in [2.75, 3.05) is 0 Å². The van der Waals surface area contributed by atoms with Crippen LogP contribution >= 0.6 is 22.7 Å². The summed E-state index contributed by atoms with van der Waals surface area (Å²) in [6, 6.07) is 2.68. The number of carbonyl (C=O) groups excluding carboxylic acids is 2. The Bertz CT molecular complexity index is 755. The van der Waals surface area contributed by atoms with Crippen LogP contribution in [0.3, 0.4) is 0 Å². The maximum atomic E-state index is 12.6. The molecule has 0 radical (unpaired) electrons. The van der Waals surface area contributed by atoms with Gasteiger partial charge in [0.1, 0.15) is 5.54 Å². The average molecular weight is 337 g/mol. The second-order valence-electron chi connectivity index (χ2n) is 5.01. The van der Waals surface area contributed by atoms with Gasteiger partial charge in [0.15, 0.2) is 0 Å². The molecule has 0 aromatic carbocycles. The van der Waals surface area contributed by atoms with Crippen molar-refractivity contribution in [2.45, 2.75) is 19.0 Å². The number of hydrogen-bond acceptors (Lipinski definition) is 6. The Kier molecular flexibility index (Phi) is 3.45. The first-order valence-corrected chi connectivity index (χ1v) is 8.12. The van der Waals surface area contributed by atoms with Gasteiger partial charge in [-0.1, -0.05) is 11.3 Å². The van der Waals surface area contributed by atoms with E-state index < -0.39 is 16.5 Å². The van der Waals surface area contributed by atoms with E-state index in [2.05, 4.69) is 5.32 Å². The maximum Gasteiger partial charge on any atom is 0.325 e. The minimum Gasteiger partial charge on any atom is -0.319 e. The van der Waals surface area contributed by atoms with Gasteiger partial charge >= 0.3 is 11.0 Å². The predicted molar refractivity (Wildman–Crippen MR) is 81.7 cm³/mol. The van der Waals surface area contributed by atoms with Crippen LogP contribution in [0.25, 0.3) is 0 Å². The van der Waals surface area contributed by atoms with Crippen molar-refractivity contribution in [3.63, 3.8) is 0 Å². The van der Waals surface area contributed by atoms with E-state index in [0.29, 0.717) is 5.56 Å². The third-order valence-electron chi connectivity index (χ3n) is 3.53. The number of urea groups is 1. The molecule has 1 fully saturated rings. The molecule has 3 amide bonds. The second-order valence-corrected chi connectivity index (χ2v) is 6.68. The summed E-state index contributed by atoms with van der Waals surface area (Å²) in [4.78, 5) is 36.0. The lowest BCUT2D eigenvalue weighted by atomic mass is 9.95. The number of nitrogens with one attached hydrogen (secondary N) is 1. The monoisotopic (exact) mass is 337 g/mol. The van der Waals surface area contributed by atoms with Crippen LogP contribution in [-0.2, 0) is 16.9 Å². The van der Waals surface area contributed by atoms with E-state index in [0.717, 1.165) is 21.8 Å². The molecule has 3 rings (SSSR count). The highest BCUT2D eigenvalue weighted by Gasteiger charge is 2.49. The highest BCUT2D eigenvalue weighted by Crippen LogP contribution is 2.32. The molecule has 0 spiro atoms. The molecular formula is C13H11N3O4S2. The fourth-order valence-electron chi connectivity index (χ4n) is 2.31. The normalized spacial score (nSPS) is 21.2. The molecule has 1 aliphatic rings. The molecule has 114 valence electrons. The van der Waals surface area contributed by atoms with Gasteiger partial charge in [-0.2, -0.15) is 11.3 Å². The zero-order chi connectivity index (χ0) is 15.9. The molecule has 7 nitrogen and oxygen atoms in total. The first-order chi connectivity index (χ1) is 10.4. The summed E-state index contributed by atoms with van der Waals surface area (Å²) in [5.74, 6) is -0.357. The number of nitrogens with zero attached hydrogens (tertiary/aromatic N) is 2. The molecule has 1 atom stereocenters. The Morgan fingerprint density at radius 2 is 2.18 bits per heavy atom. The van der Waals surface area contributed by atoms with Gasteiger partial charge in [-0.3, -0.25) is 19.8 Å². The van der Waals surface area contributed by atoms with Gasteiger partial charge in [-0.05, 0) is 34.9 Å². The van der Waals surface area contributed by atoms with Gasteiger partial charge < -0.3 is 5.32 Å². The number of rotatable bonds is 4. The molecule has 1 N–H and O–H groups in total. The summed E-state index contributed by atoms with van der Waals surface area (Å²) in [6.07, 6.45) is 0. The molecule has 0 saturated carbocycles. The van der Waals surface area contributed by atoms with Crippen molar-refractivity contribution in [2.24, 2.45) is 0 Å². The Morgan fingerprint density at radius 1 is 1.41 bits per heavy atom. The molecule has 1 saturated heterocycles. The van der Waals surface area contributed by atoms with E-state index in [1.54, 1.807) is 18.4 Å². The van der Waals surface area contributed by atoms with Crippen LogP contribution in [0, 0.1) is 10.1 Å². The molecule has 0 aliphatic carbocycles. The molecular weight excluding hydrogens is 326 g/mol. The minimum absolute atomic E-state index is 0.0114. The molecule has 2 aromatic heterocycles. The van der Waals surface area contributed by atoms with Crippen LogP contribution in [0.4, 0.5) is 9.80 Å². The SMILES string of the molecule is C[C@@]1(c2ccsc2)NC(=O)N(Cc2csc([N+](=O)[O-])c2)C1=O. The number of nitro groups is 1. The summed E-state index contributed by atoms with van der Waals surface area (Å²) in [7, 11) is 0. The van der Waals surface area contributed by atoms with Gasteiger partial charge in [-0.25, -0.2) is 4.79 Å². The Balaban J connectivity index is 1.84. The maximum absolute atomic E-state index is 12.6. The fraction of sp³-hybridized carbons (Fsp3) is 0.231. The summed E-state index contributed by atoms with van der Waals surface area (Å²) in [5, 5.41) is 18.6. The number of amides is 3. The van der Waals surface area contributed by atoms with Crippen LogP contribution < -0.4 is 5.32 Å². The zero-order valence-corrected chi connectivity index (χ0v) is 13.1. The number of thiophene rings is 2. The van der Waals surface area contributed by atoms with Crippen molar-refractivity contribution in [3.05, 3.63) is 49.5 Å². The predicted octanol–water partition coefficient (Wildman–Crippen LogP) is 2.69. The van der Waals surface area contributed by atoms with Gasteiger partial charge in [-0.15, -0.1) is 0 Å². The molecule has 1 aliphatic heterocycles. The van der Waals surface area contributed by atoms with E-state index in [9.17, 15) is 19.7 Å². The number of hydrogen-bond donors (Lipinski definition) is 1. The molecule has 0 unspecified atom stereocenters. The summed E-state index contributed by atoms with van der Waals surface area (Å²) >= 11 is 2.42. The minimum atomic E-state index is -1.08. The van der Waals surface area contributed by atoms with Gasteiger partial charge in [0.05, 0.1) is 11.5 Å². The van der Waals surface area contributed by atoms with Crippen LogP contribution in [0.15, 0.2) is 28.3 Å². The summed E-state index contributed by atoms with van der Waals surface area (Å²) in [6.45, 7) is 1.68. The van der Waals surface area contributed by atoms with E-state index >= 15 is 0 Å². The van der Waals surface area contributed by atoms with Crippen LogP contribution in [0.1, 0.15) is 18.1 Å². The molecule has 2 aromatic rings. The van der Waals surface area contributed by atoms with Gasteiger partial charge in [0.25, 0.3) is 5.91 Å². The summed E-state index contributed by atoms with van der Waals surface area (Å²) < 4.78 is 0. The quantitative estimate of drug-likeness (QED) is 0.527. The van der Waals surface area contributed by atoms with E-state index in [-0.39, 0.29) is 17.5 Å².